The van der Waals surface area contributed by atoms with Gasteiger partial charge in [0.15, 0.2) is 11.4 Å². The van der Waals surface area contributed by atoms with Gasteiger partial charge in [0.2, 0.25) is 11.4 Å². The topological polar surface area (TPSA) is 16.4 Å². The number of hydrogen-bond donors (Lipinski definition) is 0. The van der Waals surface area contributed by atoms with E-state index in [2.05, 4.69) is 92.8 Å². The second-order valence-electron chi connectivity index (χ2n) is 7.30. The zero-order chi connectivity index (χ0) is 17.1. The van der Waals surface area contributed by atoms with Crippen molar-refractivity contribution >= 4 is 11.8 Å². The van der Waals surface area contributed by atoms with Crippen LogP contribution >= 0.6 is 0 Å². The summed E-state index contributed by atoms with van der Waals surface area (Å²) in [4.78, 5) is 2.39. The van der Waals surface area contributed by atoms with E-state index in [1.165, 1.54) is 16.9 Å². The molecular weight excluding hydrogens is 296 g/mol. The standard InChI is InChI=1S/C21H25N2O/c1-6-23-17-10-8-7-9-16(17)20(3,4)21(23)14-13-18-19(24-21)12-11-15(2)22(18)5/h7-14H,6H2,1-5H3/q+1. The number of para-hydroxylation sites is 1. The molecule has 4 rings (SSSR count). The van der Waals surface area contributed by atoms with Gasteiger partial charge in [-0.15, -0.1) is 0 Å². The summed E-state index contributed by atoms with van der Waals surface area (Å²) in [7, 11) is 2.09. The molecule has 0 aliphatic carbocycles. The van der Waals surface area contributed by atoms with Crippen LogP contribution in [0.4, 0.5) is 5.69 Å². The van der Waals surface area contributed by atoms with Gasteiger partial charge in [0.25, 0.3) is 0 Å². The summed E-state index contributed by atoms with van der Waals surface area (Å²) in [6, 6.07) is 12.9. The van der Waals surface area contributed by atoms with Crippen LogP contribution in [-0.4, -0.2) is 12.3 Å². The fourth-order valence-corrected chi connectivity index (χ4v) is 4.26. The Labute approximate surface area is 144 Å². The van der Waals surface area contributed by atoms with Crippen molar-refractivity contribution in [3.8, 4) is 5.75 Å². The highest BCUT2D eigenvalue weighted by molar-refractivity contribution is 5.70. The predicted octanol–water partition coefficient (Wildman–Crippen LogP) is 3.74. The summed E-state index contributed by atoms with van der Waals surface area (Å²) in [6.45, 7) is 9.78. The number of anilines is 1. The molecule has 1 atom stereocenters. The van der Waals surface area contributed by atoms with Gasteiger partial charge in [-0.05, 0) is 44.5 Å². The molecule has 3 heterocycles. The summed E-state index contributed by atoms with van der Waals surface area (Å²) in [5.74, 6) is 0.949. The minimum Gasteiger partial charge on any atom is -0.456 e. The smallest absolute Gasteiger partial charge is 0.247 e. The Morgan fingerprint density at radius 1 is 1.12 bits per heavy atom. The van der Waals surface area contributed by atoms with E-state index < -0.39 is 5.72 Å². The number of fused-ring (bicyclic) bond motifs is 2. The number of aryl methyl sites for hydroxylation is 1. The van der Waals surface area contributed by atoms with E-state index in [4.69, 9.17) is 4.74 Å². The largest absolute Gasteiger partial charge is 0.456 e. The lowest BCUT2D eigenvalue weighted by atomic mass is 9.76. The van der Waals surface area contributed by atoms with Crippen molar-refractivity contribution in [3.05, 3.63) is 59.4 Å². The lowest BCUT2D eigenvalue weighted by molar-refractivity contribution is -0.680. The van der Waals surface area contributed by atoms with Gasteiger partial charge in [0.1, 0.15) is 7.05 Å². The van der Waals surface area contributed by atoms with Gasteiger partial charge in [-0.2, -0.15) is 4.57 Å². The van der Waals surface area contributed by atoms with Crippen LogP contribution in [-0.2, 0) is 12.5 Å². The SMILES string of the molecule is CCN1c2ccccc2C(C)(C)C12C=Cc1c(ccc(C)[n+]1C)O2. The van der Waals surface area contributed by atoms with E-state index in [-0.39, 0.29) is 5.41 Å². The molecule has 124 valence electrons. The minimum atomic E-state index is -0.485. The second kappa shape index (κ2) is 4.85. The molecule has 2 aliphatic heterocycles. The van der Waals surface area contributed by atoms with Crippen molar-refractivity contribution < 1.29 is 9.30 Å². The fraction of sp³-hybridized carbons (Fsp3) is 0.381. The lowest BCUT2D eigenvalue weighted by Crippen LogP contribution is -2.60. The molecule has 24 heavy (non-hydrogen) atoms. The number of rotatable bonds is 1. The first-order valence-electron chi connectivity index (χ1n) is 8.67. The molecule has 1 aromatic heterocycles. The van der Waals surface area contributed by atoms with Crippen LogP contribution in [0, 0.1) is 6.92 Å². The number of pyridine rings is 1. The molecular formula is C21H25N2O+. The van der Waals surface area contributed by atoms with Gasteiger partial charge < -0.3 is 9.64 Å². The molecule has 0 fully saturated rings. The third-order valence-electron chi connectivity index (χ3n) is 5.83. The molecule has 0 radical (unpaired) electrons. The van der Waals surface area contributed by atoms with E-state index in [9.17, 15) is 0 Å². The van der Waals surface area contributed by atoms with Gasteiger partial charge in [0.05, 0.1) is 5.41 Å². The van der Waals surface area contributed by atoms with Crippen LogP contribution in [0.25, 0.3) is 6.08 Å². The van der Waals surface area contributed by atoms with Gasteiger partial charge in [-0.3, -0.25) is 0 Å². The lowest BCUT2D eigenvalue weighted by Gasteiger charge is -2.46. The average molecular weight is 321 g/mol. The predicted molar refractivity (Wildman–Crippen MR) is 97.2 cm³/mol. The Bertz CT molecular complexity index is 853. The summed E-state index contributed by atoms with van der Waals surface area (Å²) >= 11 is 0. The molecule has 0 saturated heterocycles. The van der Waals surface area contributed by atoms with Crippen LogP contribution in [0.2, 0.25) is 0 Å². The minimum absolute atomic E-state index is 0.142. The molecule has 0 saturated carbocycles. The zero-order valence-electron chi connectivity index (χ0n) is 15.1. The van der Waals surface area contributed by atoms with Crippen LogP contribution in [0.5, 0.6) is 5.75 Å². The maximum Gasteiger partial charge on any atom is 0.247 e. The normalized spacial score (nSPS) is 23.1. The van der Waals surface area contributed by atoms with Crippen molar-refractivity contribution in [1.82, 2.24) is 0 Å². The average Bonchev–Trinajstić information content (AvgIpc) is 2.76. The number of aromatic nitrogens is 1. The third kappa shape index (κ3) is 1.70. The highest BCUT2D eigenvalue weighted by atomic mass is 16.5. The van der Waals surface area contributed by atoms with E-state index in [1.807, 2.05) is 0 Å². The zero-order valence-corrected chi connectivity index (χ0v) is 15.1. The van der Waals surface area contributed by atoms with Gasteiger partial charge in [0, 0.05) is 31.3 Å². The summed E-state index contributed by atoms with van der Waals surface area (Å²) in [6.07, 6.45) is 4.47. The fourth-order valence-electron chi connectivity index (χ4n) is 4.26. The monoisotopic (exact) mass is 321 g/mol. The molecule has 1 aromatic carbocycles. The van der Waals surface area contributed by atoms with Crippen molar-refractivity contribution in [1.29, 1.82) is 0 Å². The Kier molecular flexibility index (Phi) is 3.08. The number of nitrogens with zero attached hydrogens (tertiary/aromatic N) is 2. The van der Waals surface area contributed by atoms with Crippen LogP contribution in [0.3, 0.4) is 0 Å². The quantitative estimate of drug-likeness (QED) is 0.744. The van der Waals surface area contributed by atoms with E-state index in [1.54, 1.807) is 0 Å². The summed E-state index contributed by atoms with van der Waals surface area (Å²) in [5, 5.41) is 0. The summed E-state index contributed by atoms with van der Waals surface area (Å²) < 4.78 is 8.92. The van der Waals surface area contributed by atoms with Crippen molar-refractivity contribution in [2.45, 2.75) is 38.8 Å². The van der Waals surface area contributed by atoms with E-state index >= 15 is 0 Å². The summed E-state index contributed by atoms with van der Waals surface area (Å²) in [5.41, 5.74) is 4.34. The molecule has 3 heteroatoms. The number of hydrogen-bond acceptors (Lipinski definition) is 2. The second-order valence-corrected chi connectivity index (χ2v) is 7.30. The van der Waals surface area contributed by atoms with Crippen molar-refractivity contribution in [3.63, 3.8) is 0 Å². The molecule has 1 unspecified atom stereocenters. The van der Waals surface area contributed by atoms with Crippen LogP contribution in [0.15, 0.2) is 42.5 Å². The Hall–Kier alpha value is -2.29. The van der Waals surface area contributed by atoms with Crippen molar-refractivity contribution in [2.75, 3.05) is 11.4 Å². The first-order valence-corrected chi connectivity index (χ1v) is 8.67. The molecule has 3 nitrogen and oxygen atoms in total. The maximum absolute atomic E-state index is 6.74. The maximum atomic E-state index is 6.74. The van der Waals surface area contributed by atoms with E-state index in [0.29, 0.717) is 0 Å². The number of likely N-dealkylation sites (N-methyl/N-ethyl adjacent to an activating group) is 1. The number of benzene rings is 1. The van der Waals surface area contributed by atoms with Crippen LogP contribution < -0.4 is 14.2 Å². The first-order chi connectivity index (χ1) is 11.4. The van der Waals surface area contributed by atoms with Gasteiger partial charge in [-0.1, -0.05) is 18.2 Å². The molecule has 2 aromatic rings. The Morgan fingerprint density at radius 3 is 2.62 bits per heavy atom. The molecule has 0 amide bonds. The van der Waals surface area contributed by atoms with Gasteiger partial charge in [-0.25, -0.2) is 0 Å². The third-order valence-corrected chi connectivity index (χ3v) is 5.83. The highest BCUT2D eigenvalue weighted by Crippen LogP contribution is 2.54. The number of ether oxygens (including phenoxy) is 1. The molecule has 0 bridgehead atoms. The molecule has 1 spiro atoms. The van der Waals surface area contributed by atoms with Gasteiger partial charge >= 0.3 is 0 Å². The first kappa shape index (κ1) is 15.3. The van der Waals surface area contributed by atoms with E-state index in [0.717, 1.165) is 18.0 Å². The van der Waals surface area contributed by atoms with Crippen LogP contribution in [0.1, 0.15) is 37.7 Å². The molecule has 0 N–H and O–H groups in total. The highest BCUT2D eigenvalue weighted by Gasteiger charge is 2.58. The molecule has 2 aliphatic rings. The van der Waals surface area contributed by atoms with Crippen molar-refractivity contribution in [2.24, 2.45) is 7.05 Å². The Morgan fingerprint density at radius 2 is 1.88 bits per heavy atom. The Balaban J connectivity index is 1.92.